The van der Waals surface area contributed by atoms with Crippen LogP contribution in [-0.4, -0.2) is 36.4 Å². The zero-order valence-electron chi connectivity index (χ0n) is 14.3. The number of benzene rings is 2. The highest BCUT2D eigenvalue weighted by atomic mass is 16.5. The Morgan fingerprint density at radius 1 is 1.04 bits per heavy atom. The van der Waals surface area contributed by atoms with Crippen molar-refractivity contribution in [3.8, 4) is 5.75 Å². The highest BCUT2D eigenvalue weighted by Gasteiger charge is 2.19. The van der Waals surface area contributed by atoms with E-state index in [2.05, 4.69) is 5.32 Å². The molecule has 1 aliphatic heterocycles. The molecule has 0 bridgehead atoms. The van der Waals surface area contributed by atoms with Gasteiger partial charge >= 0.3 is 0 Å². The van der Waals surface area contributed by atoms with Gasteiger partial charge < -0.3 is 15.0 Å². The quantitative estimate of drug-likeness (QED) is 0.910. The van der Waals surface area contributed by atoms with Crippen molar-refractivity contribution < 1.29 is 14.3 Å². The molecule has 0 saturated carbocycles. The lowest BCUT2D eigenvalue weighted by Crippen LogP contribution is -2.27. The molecule has 0 aliphatic carbocycles. The van der Waals surface area contributed by atoms with E-state index in [9.17, 15) is 9.59 Å². The van der Waals surface area contributed by atoms with Crippen molar-refractivity contribution in [2.45, 2.75) is 19.8 Å². The van der Waals surface area contributed by atoms with Gasteiger partial charge in [0, 0.05) is 24.3 Å². The lowest BCUT2D eigenvalue weighted by Gasteiger charge is -2.15. The summed E-state index contributed by atoms with van der Waals surface area (Å²) >= 11 is 0. The summed E-state index contributed by atoms with van der Waals surface area (Å²) < 4.78 is 5.53. The van der Waals surface area contributed by atoms with Gasteiger partial charge in [0.25, 0.3) is 11.8 Å². The Hall–Kier alpha value is -2.82. The lowest BCUT2D eigenvalue weighted by atomic mass is 10.2. The van der Waals surface area contributed by atoms with Crippen LogP contribution in [0.15, 0.2) is 48.5 Å². The van der Waals surface area contributed by atoms with Crippen LogP contribution in [0.5, 0.6) is 5.75 Å². The molecule has 5 heteroatoms. The van der Waals surface area contributed by atoms with E-state index in [0.29, 0.717) is 17.0 Å². The second-order valence-corrected chi connectivity index (χ2v) is 6.18. The molecule has 2 amide bonds. The molecule has 2 aromatic carbocycles. The van der Waals surface area contributed by atoms with Crippen LogP contribution < -0.4 is 10.1 Å². The van der Waals surface area contributed by atoms with Crippen molar-refractivity contribution in [3.05, 3.63) is 59.7 Å². The van der Waals surface area contributed by atoms with Crippen molar-refractivity contribution in [1.29, 1.82) is 0 Å². The van der Waals surface area contributed by atoms with E-state index in [0.717, 1.165) is 31.5 Å². The molecule has 0 spiro atoms. The predicted molar refractivity (Wildman–Crippen MR) is 96.9 cm³/mol. The molecule has 1 heterocycles. The Morgan fingerprint density at radius 2 is 1.72 bits per heavy atom. The monoisotopic (exact) mass is 338 g/mol. The Balaban J connectivity index is 1.53. The molecule has 0 radical (unpaired) electrons. The zero-order chi connectivity index (χ0) is 17.6. The highest BCUT2D eigenvalue weighted by Crippen LogP contribution is 2.17. The fourth-order valence-electron chi connectivity index (χ4n) is 2.86. The van der Waals surface area contributed by atoms with Crippen molar-refractivity contribution in [1.82, 2.24) is 4.90 Å². The van der Waals surface area contributed by atoms with Gasteiger partial charge in [-0.25, -0.2) is 0 Å². The molecule has 1 N–H and O–H groups in total. The van der Waals surface area contributed by atoms with Crippen LogP contribution in [0.2, 0.25) is 0 Å². The summed E-state index contributed by atoms with van der Waals surface area (Å²) in [7, 11) is 0. The number of hydrogen-bond acceptors (Lipinski definition) is 3. The Kier molecular flexibility index (Phi) is 5.33. The van der Waals surface area contributed by atoms with Gasteiger partial charge in [-0.2, -0.15) is 0 Å². The van der Waals surface area contributed by atoms with Crippen LogP contribution >= 0.6 is 0 Å². The molecule has 3 rings (SSSR count). The van der Waals surface area contributed by atoms with Crippen LogP contribution in [0.25, 0.3) is 0 Å². The summed E-state index contributed by atoms with van der Waals surface area (Å²) in [5.74, 6) is 0.518. The molecule has 1 aliphatic rings. The Bertz CT molecular complexity index is 750. The number of nitrogens with one attached hydrogen (secondary N) is 1. The van der Waals surface area contributed by atoms with Gasteiger partial charge in [0.1, 0.15) is 5.75 Å². The maximum Gasteiger partial charge on any atom is 0.262 e. The van der Waals surface area contributed by atoms with Crippen LogP contribution in [0, 0.1) is 6.92 Å². The molecule has 0 atom stereocenters. The van der Waals surface area contributed by atoms with E-state index in [1.165, 1.54) is 0 Å². The Morgan fingerprint density at radius 3 is 2.40 bits per heavy atom. The molecule has 5 nitrogen and oxygen atoms in total. The third kappa shape index (κ3) is 4.38. The highest BCUT2D eigenvalue weighted by molar-refractivity contribution is 5.96. The summed E-state index contributed by atoms with van der Waals surface area (Å²) in [4.78, 5) is 26.2. The summed E-state index contributed by atoms with van der Waals surface area (Å²) in [6.45, 7) is 3.53. The van der Waals surface area contributed by atoms with Gasteiger partial charge in [-0.3, -0.25) is 9.59 Å². The number of hydrogen-bond donors (Lipinski definition) is 1. The topological polar surface area (TPSA) is 58.6 Å². The first kappa shape index (κ1) is 17.0. The zero-order valence-corrected chi connectivity index (χ0v) is 14.3. The van der Waals surface area contributed by atoms with Crippen LogP contribution in [-0.2, 0) is 4.79 Å². The molecule has 1 fully saturated rings. The lowest BCUT2D eigenvalue weighted by molar-refractivity contribution is -0.118. The second kappa shape index (κ2) is 7.83. The van der Waals surface area contributed by atoms with Gasteiger partial charge in [-0.1, -0.05) is 18.2 Å². The normalized spacial score (nSPS) is 13.6. The maximum absolute atomic E-state index is 12.3. The predicted octanol–water partition coefficient (Wildman–Crippen LogP) is 3.25. The summed E-state index contributed by atoms with van der Waals surface area (Å²) in [5, 5.41) is 2.78. The molecule has 0 unspecified atom stereocenters. The molecular formula is C20H22N2O3. The maximum atomic E-state index is 12.3. The number of likely N-dealkylation sites (tertiary alicyclic amines) is 1. The summed E-state index contributed by atoms with van der Waals surface area (Å²) in [5.41, 5.74) is 2.28. The smallest absolute Gasteiger partial charge is 0.262 e. The number of para-hydroxylation sites is 1. The van der Waals surface area contributed by atoms with E-state index in [4.69, 9.17) is 4.74 Å². The van der Waals surface area contributed by atoms with Gasteiger partial charge in [0.05, 0.1) is 0 Å². The first-order chi connectivity index (χ1) is 12.1. The third-order valence-corrected chi connectivity index (χ3v) is 4.26. The number of anilines is 1. The molecular weight excluding hydrogens is 316 g/mol. The number of carbonyl (C=O) groups excluding carboxylic acids is 2. The number of ether oxygens (including phenoxy) is 1. The standard InChI is InChI=1S/C20H22N2O3/c1-15-6-2-3-7-18(15)25-14-19(23)21-17-10-8-16(9-11-17)20(24)22-12-4-5-13-22/h2-3,6-11H,4-5,12-14H2,1H3,(H,21,23). The van der Waals surface area contributed by atoms with Gasteiger partial charge in [-0.05, 0) is 55.7 Å². The molecule has 0 aromatic heterocycles. The van der Waals surface area contributed by atoms with Crippen molar-refractivity contribution in [2.24, 2.45) is 0 Å². The van der Waals surface area contributed by atoms with Crippen molar-refractivity contribution >= 4 is 17.5 Å². The fraction of sp³-hybridized carbons (Fsp3) is 0.300. The van der Waals surface area contributed by atoms with E-state index >= 15 is 0 Å². The molecule has 2 aromatic rings. The summed E-state index contributed by atoms with van der Waals surface area (Å²) in [6, 6.07) is 14.6. The number of amides is 2. The van der Waals surface area contributed by atoms with Gasteiger partial charge in [0.15, 0.2) is 6.61 Å². The molecule has 1 saturated heterocycles. The van der Waals surface area contributed by atoms with Crippen LogP contribution in [0.3, 0.4) is 0 Å². The second-order valence-electron chi connectivity index (χ2n) is 6.18. The number of nitrogens with zero attached hydrogens (tertiary/aromatic N) is 1. The minimum Gasteiger partial charge on any atom is -0.483 e. The molecule has 130 valence electrons. The number of rotatable bonds is 5. The number of carbonyl (C=O) groups is 2. The first-order valence-corrected chi connectivity index (χ1v) is 8.51. The van der Waals surface area contributed by atoms with Gasteiger partial charge in [-0.15, -0.1) is 0 Å². The fourth-order valence-corrected chi connectivity index (χ4v) is 2.86. The summed E-state index contributed by atoms with van der Waals surface area (Å²) in [6.07, 6.45) is 2.14. The van der Waals surface area contributed by atoms with Crippen molar-refractivity contribution in [2.75, 3.05) is 25.0 Å². The third-order valence-electron chi connectivity index (χ3n) is 4.26. The van der Waals surface area contributed by atoms with Crippen LogP contribution in [0.4, 0.5) is 5.69 Å². The van der Waals surface area contributed by atoms with Crippen molar-refractivity contribution in [3.63, 3.8) is 0 Å². The molecule has 25 heavy (non-hydrogen) atoms. The largest absolute Gasteiger partial charge is 0.483 e. The SMILES string of the molecule is Cc1ccccc1OCC(=O)Nc1ccc(C(=O)N2CCCC2)cc1. The average molecular weight is 338 g/mol. The van der Waals surface area contributed by atoms with E-state index in [-0.39, 0.29) is 18.4 Å². The Labute approximate surface area is 147 Å². The minimum absolute atomic E-state index is 0.0539. The minimum atomic E-state index is -0.234. The van der Waals surface area contributed by atoms with E-state index in [1.54, 1.807) is 24.3 Å². The first-order valence-electron chi connectivity index (χ1n) is 8.51. The van der Waals surface area contributed by atoms with E-state index < -0.39 is 0 Å². The van der Waals surface area contributed by atoms with Crippen LogP contribution in [0.1, 0.15) is 28.8 Å². The van der Waals surface area contributed by atoms with E-state index in [1.807, 2.05) is 36.1 Å². The van der Waals surface area contributed by atoms with Gasteiger partial charge in [0.2, 0.25) is 0 Å². The average Bonchev–Trinajstić information content (AvgIpc) is 3.16. The number of aryl methyl sites for hydroxylation is 1.